The van der Waals surface area contributed by atoms with Crippen LogP contribution in [0.15, 0.2) is 18.2 Å². The Kier molecular flexibility index (Phi) is 3.69. The number of carbonyl (C=O) groups is 1. The number of benzene rings is 1. The van der Waals surface area contributed by atoms with Crippen molar-refractivity contribution in [2.45, 2.75) is 33.1 Å². The van der Waals surface area contributed by atoms with Gasteiger partial charge in [0, 0.05) is 13.1 Å². The zero-order valence-electron chi connectivity index (χ0n) is 11.5. The third-order valence-corrected chi connectivity index (χ3v) is 4.46. The van der Waals surface area contributed by atoms with E-state index in [-0.39, 0.29) is 28.4 Å². The van der Waals surface area contributed by atoms with E-state index in [1.807, 2.05) is 0 Å². The van der Waals surface area contributed by atoms with Crippen molar-refractivity contribution >= 4 is 5.91 Å². The SMILES string of the molecule is CCC1(CC)CCN(C(=O)c2c(O)cccc2O)C1. The van der Waals surface area contributed by atoms with Crippen molar-refractivity contribution in [1.29, 1.82) is 0 Å². The van der Waals surface area contributed by atoms with E-state index >= 15 is 0 Å². The quantitative estimate of drug-likeness (QED) is 0.881. The van der Waals surface area contributed by atoms with Gasteiger partial charge in [0.2, 0.25) is 0 Å². The zero-order chi connectivity index (χ0) is 14.0. The number of carbonyl (C=O) groups excluding carboxylic acids is 1. The highest BCUT2D eigenvalue weighted by Gasteiger charge is 2.38. The Morgan fingerprint density at radius 2 is 1.84 bits per heavy atom. The maximum atomic E-state index is 12.4. The second-order valence-corrected chi connectivity index (χ2v) is 5.36. The fraction of sp³-hybridized carbons (Fsp3) is 0.533. The smallest absolute Gasteiger partial charge is 0.261 e. The molecule has 4 heteroatoms. The topological polar surface area (TPSA) is 60.8 Å². The van der Waals surface area contributed by atoms with Gasteiger partial charge in [-0.3, -0.25) is 4.79 Å². The van der Waals surface area contributed by atoms with E-state index in [0.29, 0.717) is 13.1 Å². The van der Waals surface area contributed by atoms with Crippen molar-refractivity contribution in [1.82, 2.24) is 4.90 Å². The second-order valence-electron chi connectivity index (χ2n) is 5.36. The normalized spacial score (nSPS) is 17.7. The Bertz CT molecular complexity index is 460. The molecule has 1 amide bonds. The van der Waals surface area contributed by atoms with E-state index in [9.17, 15) is 15.0 Å². The minimum Gasteiger partial charge on any atom is -0.507 e. The molecule has 104 valence electrons. The lowest BCUT2D eigenvalue weighted by atomic mass is 9.82. The van der Waals surface area contributed by atoms with Crippen LogP contribution in [-0.2, 0) is 0 Å². The van der Waals surface area contributed by atoms with Gasteiger partial charge in [-0.15, -0.1) is 0 Å². The van der Waals surface area contributed by atoms with Crippen molar-refractivity contribution < 1.29 is 15.0 Å². The summed E-state index contributed by atoms with van der Waals surface area (Å²) in [5, 5.41) is 19.5. The van der Waals surface area contributed by atoms with Crippen molar-refractivity contribution in [3.63, 3.8) is 0 Å². The van der Waals surface area contributed by atoms with E-state index in [1.165, 1.54) is 18.2 Å². The molecule has 2 N–H and O–H groups in total. The average molecular weight is 263 g/mol. The molecule has 1 heterocycles. The van der Waals surface area contributed by atoms with Crippen LogP contribution in [0.2, 0.25) is 0 Å². The Balaban J connectivity index is 2.23. The van der Waals surface area contributed by atoms with Crippen LogP contribution >= 0.6 is 0 Å². The lowest BCUT2D eigenvalue weighted by molar-refractivity contribution is 0.0763. The first kappa shape index (κ1) is 13.7. The van der Waals surface area contributed by atoms with E-state index in [4.69, 9.17) is 0 Å². The molecular weight excluding hydrogens is 242 g/mol. The fourth-order valence-corrected chi connectivity index (χ4v) is 2.84. The number of phenolic OH excluding ortho intramolecular Hbond substituents is 2. The van der Waals surface area contributed by atoms with Gasteiger partial charge >= 0.3 is 0 Å². The molecule has 0 saturated carbocycles. The number of nitrogens with zero attached hydrogens (tertiary/aromatic N) is 1. The van der Waals surface area contributed by atoms with Crippen molar-refractivity contribution in [3.8, 4) is 11.5 Å². The van der Waals surface area contributed by atoms with Crippen LogP contribution in [0.5, 0.6) is 11.5 Å². The predicted octanol–water partition coefficient (Wildman–Crippen LogP) is 2.75. The molecule has 0 bridgehead atoms. The number of hydrogen-bond donors (Lipinski definition) is 2. The summed E-state index contributed by atoms with van der Waals surface area (Å²) in [4.78, 5) is 14.2. The minimum absolute atomic E-state index is 0.0190. The Morgan fingerprint density at radius 1 is 1.26 bits per heavy atom. The highest BCUT2D eigenvalue weighted by atomic mass is 16.3. The van der Waals surface area contributed by atoms with Crippen LogP contribution in [0.25, 0.3) is 0 Å². The van der Waals surface area contributed by atoms with Crippen LogP contribution in [0, 0.1) is 5.41 Å². The van der Waals surface area contributed by atoms with E-state index in [2.05, 4.69) is 13.8 Å². The van der Waals surface area contributed by atoms with Gasteiger partial charge in [0.25, 0.3) is 5.91 Å². The van der Waals surface area contributed by atoms with Crippen LogP contribution in [0.4, 0.5) is 0 Å². The molecule has 1 aliphatic heterocycles. The van der Waals surface area contributed by atoms with Crippen LogP contribution in [0.3, 0.4) is 0 Å². The Hall–Kier alpha value is -1.71. The second kappa shape index (κ2) is 5.11. The van der Waals surface area contributed by atoms with Gasteiger partial charge in [0.05, 0.1) is 0 Å². The number of aromatic hydroxyl groups is 2. The van der Waals surface area contributed by atoms with E-state index in [1.54, 1.807) is 4.90 Å². The van der Waals surface area contributed by atoms with Crippen molar-refractivity contribution in [3.05, 3.63) is 23.8 Å². The summed E-state index contributed by atoms with van der Waals surface area (Å²) in [6.45, 7) is 5.69. The molecule has 1 aromatic rings. The molecule has 19 heavy (non-hydrogen) atoms. The monoisotopic (exact) mass is 263 g/mol. The highest BCUT2D eigenvalue weighted by molar-refractivity contribution is 5.99. The van der Waals surface area contributed by atoms with E-state index in [0.717, 1.165) is 19.3 Å². The summed E-state index contributed by atoms with van der Waals surface area (Å²) in [6.07, 6.45) is 3.07. The summed E-state index contributed by atoms with van der Waals surface area (Å²) < 4.78 is 0. The first-order valence-electron chi connectivity index (χ1n) is 6.83. The summed E-state index contributed by atoms with van der Waals surface area (Å²) >= 11 is 0. The number of amides is 1. The number of phenols is 2. The molecule has 4 nitrogen and oxygen atoms in total. The average Bonchev–Trinajstić information content (AvgIpc) is 2.83. The Labute approximate surface area is 113 Å². The van der Waals surface area contributed by atoms with Gasteiger partial charge < -0.3 is 15.1 Å². The molecule has 1 saturated heterocycles. The zero-order valence-corrected chi connectivity index (χ0v) is 11.5. The molecule has 0 aliphatic carbocycles. The molecule has 0 radical (unpaired) electrons. The predicted molar refractivity (Wildman–Crippen MR) is 73.3 cm³/mol. The van der Waals surface area contributed by atoms with Crippen LogP contribution < -0.4 is 0 Å². The maximum Gasteiger partial charge on any atom is 0.261 e. The van der Waals surface area contributed by atoms with Crippen LogP contribution in [0.1, 0.15) is 43.5 Å². The Morgan fingerprint density at radius 3 is 2.32 bits per heavy atom. The molecular formula is C15H21NO3. The third kappa shape index (κ3) is 2.39. The van der Waals surface area contributed by atoms with Gasteiger partial charge in [-0.05, 0) is 36.8 Å². The lowest BCUT2D eigenvalue weighted by Gasteiger charge is -2.26. The summed E-state index contributed by atoms with van der Waals surface area (Å²) in [7, 11) is 0. The first-order chi connectivity index (χ1) is 9.03. The van der Waals surface area contributed by atoms with Gasteiger partial charge in [0.1, 0.15) is 17.1 Å². The van der Waals surface area contributed by atoms with Crippen molar-refractivity contribution in [2.24, 2.45) is 5.41 Å². The summed E-state index contributed by atoms with van der Waals surface area (Å²) in [6, 6.07) is 4.37. The lowest BCUT2D eigenvalue weighted by Crippen LogP contribution is -2.31. The highest BCUT2D eigenvalue weighted by Crippen LogP contribution is 2.38. The fourth-order valence-electron chi connectivity index (χ4n) is 2.84. The number of hydrogen-bond acceptors (Lipinski definition) is 3. The minimum atomic E-state index is -0.278. The summed E-state index contributed by atoms with van der Waals surface area (Å²) in [5.41, 5.74) is 0.209. The molecule has 0 unspecified atom stereocenters. The molecule has 1 aromatic carbocycles. The maximum absolute atomic E-state index is 12.4. The molecule has 1 aliphatic rings. The van der Waals surface area contributed by atoms with E-state index < -0.39 is 0 Å². The van der Waals surface area contributed by atoms with Gasteiger partial charge in [0.15, 0.2) is 0 Å². The largest absolute Gasteiger partial charge is 0.507 e. The molecule has 0 aromatic heterocycles. The number of likely N-dealkylation sites (tertiary alicyclic amines) is 1. The molecule has 2 rings (SSSR count). The van der Waals surface area contributed by atoms with Crippen LogP contribution in [-0.4, -0.2) is 34.1 Å². The standard InChI is InChI=1S/C15H21NO3/c1-3-15(4-2)8-9-16(10-15)14(19)13-11(17)6-5-7-12(13)18/h5-7,17-18H,3-4,8-10H2,1-2H3. The van der Waals surface area contributed by atoms with Crippen molar-refractivity contribution in [2.75, 3.05) is 13.1 Å². The molecule has 1 fully saturated rings. The molecule has 0 spiro atoms. The summed E-state index contributed by atoms with van der Waals surface area (Å²) in [5.74, 6) is -0.592. The number of rotatable bonds is 3. The van der Waals surface area contributed by atoms with Gasteiger partial charge in [-0.25, -0.2) is 0 Å². The molecule has 0 atom stereocenters. The third-order valence-electron chi connectivity index (χ3n) is 4.46. The van der Waals surface area contributed by atoms with Gasteiger partial charge in [-0.1, -0.05) is 19.9 Å². The first-order valence-corrected chi connectivity index (χ1v) is 6.83. The van der Waals surface area contributed by atoms with Gasteiger partial charge in [-0.2, -0.15) is 0 Å².